The number of ether oxygens (including phenoxy) is 1. The Hall–Kier alpha value is -2.76. The molecule has 2 aromatic carbocycles. The summed E-state index contributed by atoms with van der Waals surface area (Å²) in [6.07, 6.45) is 2.75. The van der Waals surface area contributed by atoms with Gasteiger partial charge in [0.1, 0.15) is 17.1 Å². The molecule has 0 saturated heterocycles. The van der Waals surface area contributed by atoms with Gasteiger partial charge in [0.2, 0.25) is 0 Å². The molecule has 154 valence electrons. The van der Waals surface area contributed by atoms with Crippen molar-refractivity contribution in [1.82, 2.24) is 10.3 Å². The molecule has 0 unspecified atom stereocenters. The zero-order valence-corrected chi connectivity index (χ0v) is 18.0. The van der Waals surface area contributed by atoms with E-state index in [1.807, 2.05) is 48.7 Å². The number of furan rings is 1. The monoisotopic (exact) mass is 418 g/mol. The van der Waals surface area contributed by atoms with Gasteiger partial charge < -0.3 is 14.5 Å². The van der Waals surface area contributed by atoms with Gasteiger partial charge in [-0.25, -0.2) is 0 Å². The predicted molar refractivity (Wildman–Crippen MR) is 123 cm³/mol. The van der Waals surface area contributed by atoms with Gasteiger partial charge in [0.05, 0.1) is 23.4 Å². The Bertz CT molecular complexity index is 1060. The average Bonchev–Trinajstić information content (AvgIpc) is 3.12. The molecular formula is C25H26N2O2S. The molecule has 0 radical (unpaired) electrons. The standard InChI is InChI=1S/C25H26N2O2S/c1-19-24(18-30-21-10-3-2-4-11-21)29-23-13-7-12-22(25(19)23)28-16-8-14-26-17-20-9-5-6-15-27-20/h2-7,9-13,15,26H,8,14,16-18H2,1H3. The molecular weight excluding hydrogens is 392 g/mol. The van der Waals surface area contributed by atoms with Crippen molar-refractivity contribution in [3.05, 3.63) is 89.9 Å². The number of pyridine rings is 1. The maximum Gasteiger partial charge on any atom is 0.138 e. The van der Waals surface area contributed by atoms with Crippen molar-refractivity contribution in [2.24, 2.45) is 0 Å². The van der Waals surface area contributed by atoms with Crippen LogP contribution >= 0.6 is 11.8 Å². The zero-order valence-electron chi connectivity index (χ0n) is 17.1. The Balaban J connectivity index is 1.32. The Morgan fingerprint density at radius 1 is 1.00 bits per heavy atom. The fraction of sp³-hybridized carbons (Fsp3) is 0.240. The average molecular weight is 419 g/mol. The minimum Gasteiger partial charge on any atom is -0.493 e. The molecule has 0 bridgehead atoms. The molecule has 4 rings (SSSR count). The first-order valence-corrected chi connectivity index (χ1v) is 11.2. The van der Waals surface area contributed by atoms with E-state index in [2.05, 4.69) is 41.5 Å². The van der Waals surface area contributed by atoms with Crippen LogP contribution in [0.1, 0.15) is 23.4 Å². The van der Waals surface area contributed by atoms with Crippen LogP contribution < -0.4 is 10.1 Å². The van der Waals surface area contributed by atoms with Crippen LogP contribution in [0.5, 0.6) is 5.75 Å². The van der Waals surface area contributed by atoms with Gasteiger partial charge in [0.25, 0.3) is 0 Å². The summed E-state index contributed by atoms with van der Waals surface area (Å²) in [6, 6.07) is 22.4. The fourth-order valence-corrected chi connectivity index (χ4v) is 4.26. The van der Waals surface area contributed by atoms with Crippen LogP contribution in [0.15, 0.2) is 82.2 Å². The van der Waals surface area contributed by atoms with Crippen molar-refractivity contribution >= 4 is 22.7 Å². The Kier molecular flexibility index (Phi) is 7.06. The van der Waals surface area contributed by atoms with Gasteiger partial charge in [-0.15, -0.1) is 11.8 Å². The molecule has 4 aromatic rings. The van der Waals surface area contributed by atoms with Crippen LogP contribution in [0, 0.1) is 6.92 Å². The molecule has 2 heterocycles. The number of aromatic nitrogens is 1. The molecule has 30 heavy (non-hydrogen) atoms. The van der Waals surface area contributed by atoms with Crippen molar-refractivity contribution < 1.29 is 9.15 Å². The summed E-state index contributed by atoms with van der Waals surface area (Å²) in [5, 5.41) is 4.49. The Morgan fingerprint density at radius 2 is 1.87 bits per heavy atom. The highest BCUT2D eigenvalue weighted by atomic mass is 32.2. The molecule has 0 saturated carbocycles. The van der Waals surface area contributed by atoms with Gasteiger partial charge in [-0.2, -0.15) is 0 Å². The normalized spacial score (nSPS) is 11.1. The third-order valence-electron chi connectivity index (χ3n) is 4.92. The first-order valence-electron chi connectivity index (χ1n) is 10.2. The second-order valence-corrected chi connectivity index (χ2v) is 8.13. The van der Waals surface area contributed by atoms with Crippen LogP contribution in [0.25, 0.3) is 11.0 Å². The SMILES string of the molecule is Cc1c(CSc2ccccc2)oc2cccc(OCCCNCc3ccccn3)c12. The molecule has 0 aliphatic heterocycles. The van der Waals surface area contributed by atoms with E-state index in [9.17, 15) is 0 Å². The number of hydrogen-bond acceptors (Lipinski definition) is 5. The lowest BCUT2D eigenvalue weighted by molar-refractivity contribution is 0.311. The summed E-state index contributed by atoms with van der Waals surface area (Å²) >= 11 is 1.79. The van der Waals surface area contributed by atoms with E-state index in [1.165, 1.54) is 4.90 Å². The highest BCUT2D eigenvalue weighted by Crippen LogP contribution is 2.35. The lowest BCUT2D eigenvalue weighted by Gasteiger charge is -2.08. The minimum absolute atomic E-state index is 0.660. The maximum absolute atomic E-state index is 6.13. The summed E-state index contributed by atoms with van der Waals surface area (Å²) in [7, 11) is 0. The number of fused-ring (bicyclic) bond motifs is 1. The van der Waals surface area contributed by atoms with Gasteiger partial charge >= 0.3 is 0 Å². The summed E-state index contributed by atoms with van der Waals surface area (Å²) < 4.78 is 12.2. The first-order chi connectivity index (χ1) is 14.8. The second-order valence-electron chi connectivity index (χ2n) is 7.08. The van der Waals surface area contributed by atoms with Crippen LogP contribution in [-0.2, 0) is 12.3 Å². The van der Waals surface area contributed by atoms with E-state index in [-0.39, 0.29) is 0 Å². The van der Waals surface area contributed by atoms with Crippen LogP contribution in [0.3, 0.4) is 0 Å². The third-order valence-corrected chi connectivity index (χ3v) is 5.93. The third kappa shape index (κ3) is 5.23. The second kappa shape index (κ2) is 10.3. The van der Waals surface area contributed by atoms with E-state index in [0.717, 1.165) is 59.0 Å². The minimum atomic E-state index is 0.660. The van der Waals surface area contributed by atoms with Crippen molar-refractivity contribution in [3.8, 4) is 5.75 Å². The van der Waals surface area contributed by atoms with Crippen molar-refractivity contribution in [3.63, 3.8) is 0 Å². The highest BCUT2D eigenvalue weighted by Gasteiger charge is 2.15. The number of nitrogens with zero attached hydrogens (tertiary/aromatic N) is 1. The first kappa shape index (κ1) is 20.5. The maximum atomic E-state index is 6.13. The van der Waals surface area contributed by atoms with Gasteiger partial charge in [-0.1, -0.05) is 30.3 Å². The molecule has 0 spiro atoms. The predicted octanol–water partition coefficient (Wildman–Crippen LogP) is 5.99. The van der Waals surface area contributed by atoms with Crippen molar-refractivity contribution in [1.29, 1.82) is 0 Å². The molecule has 0 fully saturated rings. The molecule has 0 aliphatic rings. The number of rotatable bonds is 10. The molecule has 0 aliphatic carbocycles. The Morgan fingerprint density at radius 3 is 2.70 bits per heavy atom. The number of thioether (sulfide) groups is 1. The van der Waals surface area contributed by atoms with E-state index in [1.54, 1.807) is 11.8 Å². The lowest BCUT2D eigenvalue weighted by Crippen LogP contribution is -2.17. The van der Waals surface area contributed by atoms with Crippen molar-refractivity contribution in [2.75, 3.05) is 13.2 Å². The van der Waals surface area contributed by atoms with Crippen LogP contribution in [0.2, 0.25) is 0 Å². The van der Waals surface area contributed by atoms with E-state index in [0.29, 0.717) is 6.61 Å². The molecule has 5 heteroatoms. The van der Waals surface area contributed by atoms with Crippen LogP contribution in [0.4, 0.5) is 0 Å². The smallest absolute Gasteiger partial charge is 0.138 e. The van der Waals surface area contributed by atoms with E-state index in [4.69, 9.17) is 9.15 Å². The number of aryl methyl sites for hydroxylation is 1. The van der Waals surface area contributed by atoms with E-state index >= 15 is 0 Å². The van der Waals surface area contributed by atoms with Crippen LogP contribution in [-0.4, -0.2) is 18.1 Å². The lowest BCUT2D eigenvalue weighted by atomic mass is 10.1. The summed E-state index contributed by atoms with van der Waals surface area (Å²) in [5.74, 6) is 2.71. The Labute approximate surface area is 181 Å². The fourth-order valence-electron chi connectivity index (χ4n) is 3.34. The zero-order chi connectivity index (χ0) is 20.6. The van der Waals surface area contributed by atoms with Crippen molar-refractivity contribution in [2.45, 2.75) is 30.5 Å². The number of hydrogen-bond donors (Lipinski definition) is 1. The molecule has 0 amide bonds. The van der Waals surface area contributed by atoms with Gasteiger partial charge in [0.15, 0.2) is 0 Å². The van der Waals surface area contributed by atoms with Gasteiger partial charge in [0, 0.05) is 23.2 Å². The number of nitrogens with one attached hydrogen (secondary N) is 1. The molecule has 0 atom stereocenters. The molecule has 2 aromatic heterocycles. The summed E-state index contributed by atoms with van der Waals surface area (Å²) in [5.41, 5.74) is 3.11. The van der Waals surface area contributed by atoms with E-state index < -0.39 is 0 Å². The summed E-state index contributed by atoms with van der Waals surface area (Å²) in [6.45, 7) is 4.44. The highest BCUT2D eigenvalue weighted by molar-refractivity contribution is 7.98. The molecule has 4 nitrogen and oxygen atoms in total. The summed E-state index contributed by atoms with van der Waals surface area (Å²) in [4.78, 5) is 5.56. The van der Waals surface area contributed by atoms with Gasteiger partial charge in [-0.05, 0) is 56.3 Å². The largest absolute Gasteiger partial charge is 0.493 e. The quantitative estimate of drug-likeness (QED) is 0.253. The van der Waals surface area contributed by atoms with Gasteiger partial charge in [-0.3, -0.25) is 4.98 Å². The number of benzene rings is 2. The molecule has 1 N–H and O–H groups in total. The topological polar surface area (TPSA) is 47.3 Å².